The first-order valence-electron chi connectivity index (χ1n) is 29.4. The molecule has 3 atom stereocenters. The van der Waals surface area contributed by atoms with Gasteiger partial charge in [-0.1, -0.05) is 256 Å². The molecular weight excluding hydrogens is 917 g/mol. The number of benzene rings is 2. The number of unbranched alkanes of at least 4 members (excludes halogenated alkanes) is 20. The fraction of sp³-hybridized carbons (Fsp3) is 0.774. The molecule has 72 heavy (non-hydrogen) atoms. The third kappa shape index (κ3) is 33.9. The summed E-state index contributed by atoms with van der Waals surface area (Å²) in [6.45, 7) is 17.2. The number of rotatable bonds is 42. The van der Waals surface area contributed by atoms with Crippen molar-refractivity contribution < 1.29 is 41.7 Å². The van der Waals surface area contributed by atoms with Crippen LogP contribution in [0.4, 0.5) is 0 Å². The number of carbonyl (C=O) groups excluding carboxylic acids is 2. The summed E-state index contributed by atoms with van der Waals surface area (Å²) in [7, 11) is 4.25. The van der Waals surface area contributed by atoms with E-state index < -0.39 is 32.7 Å². The third-order valence-electron chi connectivity index (χ3n) is 15.0. The van der Waals surface area contributed by atoms with E-state index in [1.165, 1.54) is 153 Å². The van der Waals surface area contributed by atoms with Gasteiger partial charge in [0.25, 0.3) is 10.1 Å². The Morgan fingerprint density at radius 1 is 0.486 bits per heavy atom. The van der Waals surface area contributed by atoms with Crippen molar-refractivity contribution in [1.82, 2.24) is 0 Å². The molecule has 0 aromatic heterocycles. The van der Waals surface area contributed by atoms with E-state index in [0.29, 0.717) is 25.7 Å². The lowest BCUT2D eigenvalue weighted by Crippen LogP contribution is -2.60. The first-order valence-corrected chi connectivity index (χ1v) is 30.9. The Kier molecular flexibility index (Phi) is 39.9. The van der Waals surface area contributed by atoms with Crippen molar-refractivity contribution in [2.45, 2.75) is 253 Å². The molecule has 0 aliphatic rings. The number of hydrogen-bond donors (Lipinski definition) is 1. The molecule has 3 unspecified atom stereocenters. The summed E-state index contributed by atoms with van der Waals surface area (Å²) in [5.41, 5.74) is 0.689. The Bertz CT molecular complexity index is 1610. The summed E-state index contributed by atoms with van der Waals surface area (Å²) in [4.78, 5) is 24.0. The van der Waals surface area contributed by atoms with Gasteiger partial charge in [0.05, 0.1) is 47.2 Å². The zero-order valence-electron chi connectivity index (χ0n) is 48.2. The van der Waals surface area contributed by atoms with E-state index in [2.05, 4.69) is 103 Å². The van der Waals surface area contributed by atoms with E-state index in [1.54, 1.807) is 0 Å². The number of aliphatic carboxylic acids is 2. The number of quaternary nitrogens is 2. The second-order valence-corrected chi connectivity index (χ2v) is 24.4. The molecule has 0 fully saturated rings. The van der Waals surface area contributed by atoms with Gasteiger partial charge in [0.1, 0.15) is 18.3 Å². The molecule has 2 aromatic rings. The molecule has 10 heteroatoms. The van der Waals surface area contributed by atoms with Crippen molar-refractivity contribution >= 4 is 22.1 Å². The van der Waals surface area contributed by atoms with Gasteiger partial charge in [-0.2, -0.15) is 8.42 Å². The molecule has 0 bridgehead atoms. The van der Waals surface area contributed by atoms with Crippen LogP contribution in [0.1, 0.15) is 245 Å². The Morgan fingerprint density at radius 3 is 1.03 bits per heavy atom. The zero-order valence-corrected chi connectivity index (χ0v) is 49.1. The minimum absolute atomic E-state index is 0.174. The molecule has 0 heterocycles. The van der Waals surface area contributed by atoms with Gasteiger partial charge in [0.2, 0.25) is 0 Å². The SMILES string of the molecule is CCCCC(CC)CC(CC(CC)CCCC)(C(=O)[O-])C(C(=O)[O-])S(=O)(=O)O.CCCCCCCCCCCC[N+](C)(C)Cc1ccccc1.CCCCCCCCCCCC[N+](C)(C)Cc1ccccc1. The molecule has 0 amide bonds. The van der Waals surface area contributed by atoms with Gasteiger partial charge in [-0.05, 0) is 50.4 Å². The van der Waals surface area contributed by atoms with Gasteiger partial charge < -0.3 is 28.8 Å². The summed E-state index contributed by atoms with van der Waals surface area (Å²) >= 11 is 0. The van der Waals surface area contributed by atoms with Gasteiger partial charge in [-0.15, -0.1) is 0 Å². The number of hydrogen-bond acceptors (Lipinski definition) is 6. The van der Waals surface area contributed by atoms with Crippen LogP contribution in [-0.2, 0) is 32.8 Å². The lowest BCUT2D eigenvalue weighted by atomic mass is 9.68. The minimum Gasteiger partial charge on any atom is -0.549 e. The van der Waals surface area contributed by atoms with Crippen LogP contribution in [0.3, 0.4) is 0 Å². The zero-order chi connectivity index (χ0) is 54.2. The average Bonchev–Trinajstić information content (AvgIpc) is 3.32. The molecule has 0 spiro atoms. The third-order valence-corrected chi connectivity index (χ3v) is 16.2. The van der Waals surface area contributed by atoms with Gasteiger partial charge in [-0.3, -0.25) is 4.55 Å². The van der Waals surface area contributed by atoms with Crippen molar-refractivity contribution in [3.05, 3.63) is 71.8 Å². The van der Waals surface area contributed by atoms with E-state index in [4.69, 9.17) is 0 Å². The summed E-state index contributed by atoms with van der Waals surface area (Å²) < 4.78 is 35.7. The summed E-state index contributed by atoms with van der Waals surface area (Å²) in [6, 6.07) is 21.8. The molecule has 0 aliphatic carbocycles. The van der Waals surface area contributed by atoms with E-state index in [9.17, 15) is 32.8 Å². The summed E-state index contributed by atoms with van der Waals surface area (Å²) in [5, 5.41) is 21.5. The molecule has 0 saturated carbocycles. The maximum atomic E-state index is 12.3. The standard InChI is InChI=1S/2C21H38N.C20H38O7S/c2*1-4-5-6-7-8-9-10-11-12-16-19-22(2,3)20-21-17-14-13-15-18-21;1-5-9-11-15(7-3)13-20(19(23)24,14-16(8-4)12-10-6-2)17(18(21)22)28(25,26)27/h2*13-15,17-18H,4-12,16,19-20H2,1-3H3;15-17H,5-14H2,1-4H3,(H,21,22)(H,23,24)(H,25,26,27)/q2*+1;/p-2. The average molecular weight is 1030 g/mol. The van der Waals surface area contributed by atoms with Crippen LogP contribution in [0.2, 0.25) is 0 Å². The topological polar surface area (TPSA) is 135 Å². The van der Waals surface area contributed by atoms with Crippen molar-refractivity contribution in [2.24, 2.45) is 17.3 Å². The van der Waals surface area contributed by atoms with Crippen LogP contribution in [0.25, 0.3) is 0 Å². The highest BCUT2D eigenvalue weighted by Crippen LogP contribution is 2.43. The quantitative estimate of drug-likeness (QED) is 0.0397. The molecule has 0 aliphatic heterocycles. The Hall–Kier alpha value is -2.79. The lowest BCUT2D eigenvalue weighted by molar-refractivity contribution is -0.903. The van der Waals surface area contributed by atoms with E-state index in [-0.39, 0.29) is 24.7 Å². The van der Waals surface area contributed by atoms with Crippen LogP contribution in [-0.4, -0.2) is 80.4 Å². The first kappa shape index (κ1) is 69.2. The van der Waals surface area contributed by atoms with Crippen LogP contribution >= 0.6 is 0 Å². The monoisotopic (exact) mass is 1030 g/mol. The lowest BCUT2D eigenvalue weighted by Gasteiger charge is -2.44. The van der Waals surface area contributed by atoms with E-state index in [0.717, 1.165) is 47.7 Å². The maximum absolute atomic E-state index is 12.3. The smallest absolute Gasteiger partial charge is 0.274 e. The van der Waals surface area contributed by atoms with Gasteiger partial charge in [-0.25, -0.2) is 0 Å². The first-order chi connectivity index (χ1) is 34.3. The molecule has 2 aromatic carbocycles. The Labute approximate surface area is 444 Å². The highest BCUT2D eigenvalue weighted by atomic mass is 32.2. The van der Waals surface area contributed by atoms with Crippen molar-refractivity contribution in [1.29, 1.82) is 0 Å². The van der Waals surface area contributed by atoms with Gasteiger partial charge >= 0.3 is 0 Å². The minimum atomic E-state index is -5.20. The van der Waals surface area contributed by atoms with Gasteiger partial charge in [0.15, 0.2) is 0 Å². The normalized spacial score (nSPS) is 14.0. The fourth-order valence-electron chi connectivity index (χ4n) is 10.5. The van der Waals surface area contributed by atoms with Crippen molar-refractivity contribution in [3.8, 4) is 0 Å². The molecule has 0 radical (unpaired) electrons. The predicted octanol–water partition coefficient (Wildman–Crippen LogP) is 14.3. The predicted molar refractivity (Wildman–Crippen MR) is 302 cm³/mol. The molecule has 9 nitrogen and oxygen atoms in total. The van der Waals surface area contributed by atoms with E-state index in [1.807, 2.05) is 27.7 Å². The fourth-order valence-corrected chi connectivity index (χ4v) is 11.6. The molecule has 2 rings (SSSR count). The number of nitrogens with zero attached hydrogens (tertiary/aromatic N) is 2. The Morgan fingerprint density at radius 2 is 0.778 bits per heavy atom. The highest BCUT2D eigenvalue weighted by molar-refractivity contribution is 7.87. The molecule has 1 N–H and O–H groups in total. The van der Waals surface area contributed by atoms with Crippen LogP contribution < -0.4 is 10.2 Å². The molecule has 418 valence electrons. The highest BCUT2D eigenvalue weighted by Gasteiger charge is 2.50. The Balaban J connectivity index is 0.00000106. The number of carbonyl (C=O) groups is 2. The largest absolute Gasteiger partial charge is 0.549 e. The summed E-state index contributed by atoms with van der Waals surface area (Å²) in [5.74, 6) is -4.22. The number of carboxylic acids is 2. The van der Waals surface area contributed by atoms with Crippen LogP contribution in [0, 0.1) is 17.3 Å². The molecular formula is C62H112N2O7S. The summed E-state index contributed by atoms with van der Waals surface area (Å²) in [6.07, 6.45) is 34.0. The number of carboxylic acid groups (broad SMARTS) is 2. The maximum Gasteiger partial charge on any atom is 0.274 e. The van der Waals surface area contributed by atoms with Gasteiger partial charge in [0, 0.05) is 22.5 Å². The van der Waals surface area contributed by atoms with Crippen molar-refractivity contribution in [3.63, 3.8) is 0 Å². The second-order valence-electron chi connectivity index (χ2n) is 22.9. The molecule has 0 saturated heterocycles. The van der Waals surface area contributed by atoms with Crippen LogP contribution in [0.15, 0.2) is 60.7 Å². The second kappa shape index (κ2) is 41.5. The van der Waals surface area contributed by atoms with E-state index >= 15 is 0 Å². The van der Waals surface area contributed by atoms with Crippen LogP contribution in [0.5, 0.6) is 0 Å². The van der Waals surface area contributed by atoms with Crippen molar-refractivity contribution in [2.75, 3.05) is 41.3 Å².